The Balaban J connectivity index is 1.72. The van der Waals surface area contributed by atoms with Gasteiger partial charge in [-0.15, -0.1) is 0 Å². The summed E-state index contributed by atoms with van der Waals surface area (Å²) in [4.78, 5) is 37.5. The number of anilines is 2. The molecular weight excluding hydrogens is 641 g/mol. The second kappa shape index (κ2) is 10.4. The molecule has 4 rings (SSSR count). The van der Waals surface area contributed by atoms with E-state index in [1.54, 1.807) is 68.6 Å². The second-order valence-corrected chi connectivity index (χ2v) is 10.7. The van der Waals surface area contributed by atoms with Crippen LogP contribution < -0.4 is 10.6 Å². The first kappa shape index (κ1) is 28.2. The molecule has 0 saturated carbocycles. The van der Waals surface area contributed by atoms with Gasteiger partial charge in [0, 0.05) is 7.05 Å². The molecule has 1 fully saturated rings. The predicted octanol–water partition coefficient (Wildman–Crippen LogP) is 4.97. The highest BCUT2D eigenvalue weighted by Crippen LogP contribution is 2.53. The molecule has 0 radical (unpaired) electrons. The summed E-state index contributed by atoms with van der Waals surface area (Å²) in [5, 5.41) is 2.12. The van der Waals surface area contributed by atoms with Crippen LogP contribution in [-0.2, 0) is 14.2 Å². The standard InChI is InChI=1S/C23H24ClF2IN6O5/c1-21(2,3)38-20(35)32-19-30-14(28-4)13-15(31-19)33(11-29-13)18-23(24,26)17(22(25,10-27)37-18)36-16(34)12-8-6-5-7-9-12/h5-9,11,17-18H,10H2,1-4H3,(H2,28,30,31,32,35)/t17-,18-,22-,23-/m1/s1. The molecule has 0 aliphatic carbocycles. The molecule has 1 aromatic carbocycles. The van der Waals surface area contributed by atoms with E-state index in [0.29, 0.717) is 0 Å². The summed E-state index contributed by atoms with van der Waals surface area (Å²) < 4.78 is 48.6. The van der Waals surface area contributed by atoms with Crippen molar-refractivity contribution < 1.29 is 32.6 Å². The van der Waals surface area contributed by atoms with Crippen molar-refractivity contribution in [3.8, 4) is 0 Å². The number of alkyl halides is 4. The monoisotopic (exact) mass is 664 g/mol. The van der Waals surface area contributed by atoms with Crippen LogP contribution >= 0.6 is 34.2 Å². The number of aromatic nitrogens is 4. The summed E-state index contributed by atoms with van der Waals surface area (Å²) in [6.07, 6.45) is -3.71. The van der Waals surface area contributed by atoms with E-state index in [1.165, 1.54) is 12.1 Å². The van der Waals surface area contributed by atoms with Crippen LogP contribution in [0.1, 0.15) is 37.4 Å². The zero-order valence-electron chi connectivity index (χ0n) is 20.7. The summed E-state index contributed by atoms with van der Waals surface area (Å²) in [5.74, 6) is -3.81. The molecule has 3 aromatic rings. The third-order valence-corrected chi connectivity index (χ3v) is 6.74. The van der Waals surface area contributed by atoms with Gasteiger partial charge in [-0.3, -0.25) is 9.88 Å². The van der Waals surface area contributed by atoms with Crippen LogP contribution in [0.5, 0.6) is 0 Å². The topological polar surface area (TPSA) is 129 Å². The van der Waals surface area contributed by atoms with E-state index in [9.17, 15) is 9.59 Å². The SMILES string of the molecule is CNc1nc(NC(=O)OC(C)(C)C)nc2c1ncn2[C@@H]1O[C@](F)(CI)[C@@H](OC(=O)c2ccccc2)[C@]1(F)Cl. The van der Waals surface area contributed by atoms with Gasteiger partial charge in [-0.25, -0.2) is 23.4 Å². The third kappa shape index (κ3) is 5.47. The number of imidazole rings is 1. The van der Waals surface area contributed by atoms with Crippen LogP contribution in [0.15, 0.2) is 36.7 Å². The first-order chi connectivity index (χ1) is 17.8. The number of rotatable bonds is 6. The zero-order valence-corrected chi connectivity index (χ0v) is 23.6. The second-order valence-electron chi connectivity index (χ2n) is 9.31. The van der Waals surface area contributed by atoms with Crippen molar-refractivity contribution in [2.45, 2.75) is 49.7 Å². The lowest BCUT2D eigenvalue weighted by Gasteiger charge is -2.27. The number of amides is 1. The van der Waals surface area contributed by atoms with Crippen molar-refractivity contribution in [2.24, 2.45) is 0 Å². The molecule has 4 atom stereocenters. The molecule has 2 N–H and O–H groups in total. The van der Waals surface area contributed by atoms with Gasteiger partial charge < -0.3 is 19.5 Å². The Bertz CT molecular complexity index is 1360. The minimum Gasteiger partial charge on any atom is -0.448 e. The maximum atomic E-state index is 16.2. The van der Waals surface area contributed by atoms with Crippen molar-refractivity contribution >= 4 is 69.2 Å². The van der Waals surface area contributed by atoms with Crippen molar-refractivity contribution in [1.82, 2.24) is 19.5 Å². The Kier molecular flexibility index (Phi) is 7.69. The highest BCUT2D eigenvalue weighted by atomic mass is 127. The lowest BCUT2D eigenvalue weighted by Crippen LogP contribution is -2.47. The number of benzene rings is 1. The number of hydrogen-bond donors (Lipinski definition) is 2. The van der Waals surface area contributed by atoms with Gasteiger partial charge in [0.2, 0.25) is 12.1 Å². The number of esters is 1. The first-order valence-corrected chi connectivity index (χ1v) is 13.2. The van der Waals surface area contributed by atoms with E-state index in [4.69, 9.17) is 25.8 Å². The summed E-state index contributed by atoms with van der Waals surface area (Å²) >= 11 is 7.89. The van der Waals surface area contributed by atoms with Gasteiger partial charge in [0.15, 0.2) is 23.2 Å². The largest absolute Gasteiger partial charge is 0.448 e. The number of ether oxygens (including phenoxy) is 3. The summed E-state index contributed by atoms with van der Waals surface area (Å²) in [7, 11) is 1.55. The Morgan fingerprint density at radius 1 is 1.24 bits per heavy atom. The number of carbonyl (C=O) groups excluding carboxylic acids is 2. The van der Waals surface area contributed by atoms with Crippen molar-refractivity contribution in [3.63, 3.8) is 0 Å². The first-order valence-electron chi connectivity index (χ1n) is 11.3. The van der Waals surface area contributed by atoms with Crippen molar-refractivity contribution in [1.29, 1.82) is 0 Å². The minimum absolute atomic E-state index is 0.0473. The normalized spacial score (nSPS) is 25.3. The average Bonchev–Trinajstić information content (AvgIpc) is 3.35. The van der Waals surface area contributed by atoms with Gasteiger partial charge in [0.25, 0.3) is 11.0 Å². The Morgan fingerprint density at radius 3 is 2.53 bits per heavy atom. The highest BCUT2D eigenvalue weighted by Gasteiger charge is 2.68. The van der Waals surface area contributed by atoms with Gasteiger partial charge in [-0.1, -0.05) is 52.4 Å². The lowest BCUT2D eigenvalue weighted by atomic mass is 10.1. The number of hydrogen-bond acceptors (Lipinski definition) is 9. The number of fused-ring (bicyclic) bond motifs is 1. The highest BCUT2D eigenvalue weighted by molar-refractivity contribution is 14.1. The van der Waals surface area contributed by atoms with Gasteiger partial charge in [-0.05, 0) is 32.9 Å². The molecule has 1 amide bonds. The fourth-order valence-electron chi connectivity index (χ4n) is 3.72. The number of halogens is 4. The van der Waals surface area contributed by atoms with E-state index in [0.717, 1.165) is 10.9 Å². The third-order valence-electron chi connectivity index (χ3n) is 5.32. The average molecular weight is 665 g/mol. The van der Waals surface area contributed by atoms with Crippen molar-refractivity contribution in [3.05, 3.63) is 42.2 Å². The molecule has 15 heteroatoms. The van der Waals surface area contributed by atoms with Crippen LogP contribution in [0.4, 0.5) is 25.3 Å². The number of carbonyl (C=O) groups is 2. The Hall–Kier alpha value is -2.85. The zero-order chi connectivity index (χ0) is 27.9. The maximum Gasteiger partial charge on any atom is 0.414 e. The molecule has 38 heavy (non-hydrogen) atoms. The Morgan fingerprint density at radius 2 is 1.92 bits per heavy atom. The molecular formula is C23H24ClF2IN6O5. The molecule has 11 nitrogen and oxygen atoms in total. The smallest absolute Gasteiger partial charge is 0.414 e. The van der Waals surface area contributed by atoms with Crippen LogP contribution in [0, 0.1) is 0 Å². The molecule has 1 aliphatic rings. The van der Waals surface area contributed by atoms with E-state index in [1.807, 2.05) is 0 Å². The molecule has 0 unspecified atom stereocenters. The van der Waals surface area contributed by atoms with Crippen LogP contribution in [0.25, 0.3) is 11.2 Å². The Labute approximate surface area is 234 Å². The predicted molar refractivity (Wildman–Crippen MR) is 143 cm³/mol. The minimum atomic E-state index is -3.08. The molecule has 2 aromatic heterocycles. The van der Waals surface area contributed by atoms with E-state index >= 15 is 8.78 Å². The van der Waals surface area contributed by atoms with E-state index in [2.05, 4.69) is 25.6 Å². The maximum absolute atomic E-state index is 16.2. The summed E-state index contributed by atoms with van der Waals surface area (Å²) in [6, 6.07) is 7.70. The summed E-state index contributed by atoms with van der Waals surface area (Å²) in [6.45, 7) is 5.04. The molecule has 0 bridgehead atoms. The van der Waals surface area contributed by atoms with E-state index in [-0.39, 0.29) is 28.5 Å². The number of nitrogens with zero attached hydrogens (tertiary/aromatic N) is 4. The van der Waals surface area contributed by atoms with Crippen LogP contribution in [0.3, 0.4) is 0 Å². The molecule has 0 spiro atoms. The van der Waals surface area contributed by atoms with Gasteiger partial charge in [0.05, 0.1) is 16.3 Å². The van der Waals surface area contributed by atoms with Gasteiger partial charge in [0.1, 0.15) is 5.60 Å². The molecule has 1 aliphatic heterocycles. The molecule has 204 valence electrons. The number of nitrogens with one attached hydrogen (secondary N) is 2. The van der Waals surface area contributed by atoms with Gasteiger partial charge in [-0.2, -0.15) is 9.97 Å². The summed E-state index contributed by atoms with van der Waals surface area (Å²) in [5.41, 5.74) is -0.602. The van der Waals surface area contributed by atoms with E-state index < -0.39 is 45.4 Å². The van der Waals surface area contributed by atoms with Crippen LogP contribution in [0.2, 0.25) is 0 Å². The van der Waals surface area contributed by atoms with Gasteiger partial charge >= 0.3 is 12.1 Å². The van der Waals surface area contributed by atoms with Crippen molar-refractivity contribution in [2.75, 3.05) is 22.1 Å². The molecule has 1 saturated heterocycles. The quantitative estimate of drug-likeness (QED) is 0.213. The lowest BCUT2D eigenvalue weighted by molar-refractivity contribution is -0.168. The molecule has 3 heterocycles. The fraction of sp³-hybridized carbons (Fsp3) is 0.435. The van der Waals surface area contributed by atoms with Crippen LogP contribution in [-0.4, -0.2) is 65.7 Å². The fourth-order valence-corrected chi connectivity index (χ4v) is 4.65.